The van der Waals surface area contributed by atoms with Crippen LogP contribution in [0.4, 0.5) is 5.69 Å². The number of nitrogens with one attached hydrogen (secondary N) is 3. The Bertz CT molecular complexity index is 802. The first-order valence-electron chi connectivity index (χ1n) is 7.92. The summed E-state index contributed by atoms with van der Waals surface area (Å²) in [5, 5.41) is 8.60. The summed E-state index contributed by atoms with van der Waals surface area (Å²) in [4.78, 5) is 5.54. The van der Waals surface area contributed by atoms with Crippen molar-refractivity contribution in [1.82, 2.24) is 10.6 Å². The lowest BCUT2D eigenvalue weighted by Crippen LogP contribution is -2.38. The van der Waals surface area contributed by atoms with Gasteiger partial charge in [0.2, 0.25) is 10.0 Å². The summed E-state index contributed by atoms with van der Waals surface area (Å²) in [6.07, 6.45) is 1.14. The van der Waals surface area contributed by atoms with E-state index in [1.165, 1.54) is 4.88 Å². The molecule has 0 saturated carbocycles. The standard InChI is InChI=1S/C17H24N4O2S2/c1-13(16-9-6-10-24-16)11-19-17(18-2)20-12-14-7-4-5-8-15(14)21-25(3,22)23/h4-10,13,21H,11-12H2,1-3H3,(H2,18,19,20). The van der Waals surface area contributed by atoms with Gasteiger partial charge in [-0.25, -0.2) is 8.42 Å². The SMILES string of the molecule is CN=C(NCc1ccccc1NS(C)(=O)=O)NCC(C)c1cccs1. The van der Waals surface area contributed by atoms with E-state index in [4.69, 9.17) is 0 Å². The Morgan fingerprint density at radius 1 is 1.20 bits per heavy atom. The van der Waals surface area contributed by atoms with Crippen LogP contribution in [0.2, 0.25) is 0 Å². The van der Waals surface area contributed by atoms with Crippen molar-refractivity contribution >= 4 is 33.0 Å². The molecule has 2 rings (SSSR count). The molecule has 8 heteroatoms. The van der Waals surface area contributed by atoms with Gasteiger partial charge >= 0.3 is 0 Å². The molecule has 0 radical (unpaired) electrons. The van der Waals surface area contributed by atoms with Crippen LogP contribution in [0, 0.1) is 0 Å². The zero-order valence-corrected chi connectivity index (χ0v) is 16.2. The molecule has 3 N–H and O–H groups in total. The molecule has 1 aromatic heterocycles. The van der Waals surface area contributed by atoms with Crippen molar-refractivity contribution in [1.29, 1.82) is 0 Å². The minimum Gasteiger partial charge on any atom is -0.356 e. The molecule has 1 aromatic carbocycles. The van der Waals surface area contributed by atoms with Crippen molar-refractivity contribution < 1.29 is 8.42 Å². The van der Waals surface area contributed by atoms with Gasteiger partial charge in [-0.15, -0.1) is 11.3 Å². The number of para-hydroxylation sites is 1. The van der Waals surface area contributed by atoms with E-state index >= 15 is 0 Å². The van der Waals surface area contributed by atoms with Crippen LogP contribution in [0.25, 0.3) is 0 Å². The van der Waals surface area contributed by atoms with Crippen LogP contribution in [-0.4, -0.2) is 34.2 Å². The van der Waals surface area contributed by atoms with E-state index in [0.717, 1.165) is 18.4 Å². The first-order chi connectivity index (χ1) is 11.9. The van der Waals surface area contributed by atoms with Crippen molar-refractivity contribution in [3.8, 4) is 0 Å². The summed E-state index contributed by atoms with van der Waals surface area (Å²) < 4.78 is 25.5. The lowest BCUT2D eigenvalue weighted by Gasteiger charge is -2.16. The van der Waals surface area contributed by atoms with Crippen LogP contribution in [0.1, 0.15) is 23.3 Å². The second-order valence-electron chi connectivity index (χ2n) is 5.75. The van der Waals surface area contributed by atoms with Gasteiger partial charge in [0.05, 0.1) is 11.9 Å². The monoisotopic (exact) mass is 380 g/mol. The minimum absolute atomic E-state index is 0.387. The van der Waals surface area contributed by atoms with E-state index in [1.807, 2.05) is 12.1 Å². The summed E-state index contributed by atoms with van der Waals surface area (Å²) in [6.45, 7) is 3.40. The minimum atomic E-state index is -3.31. The maximum Gasteiger partial charge on any atom is 0.229 e. The molecule has 0 bridgehead atoms. The lowest BCUT2D eigenvalue weighted by atomic mass is 10.1. The first kappa shape index (κ1) is 19.3. The van der Waals surface area contributed by atoms with Gasteiger partial charge in [0.1, 0.15) is 0 Å². The molecule has 0 amide bonds. The summed E-state index contributed by atoms with van der Waals surface area (Å²) in [5.74, 6) is 1.07. The molecule has 0 saturated heterocycles. The summed E-state index contributed by atoms with van der Waals surface area (Å²) in [6, 6.07) is 11.5. The van der Waals surface area contributed by atoms with E-state index in [0.29, 0.717) is 24.1 Å². The van der Waals surface area contributed by atoms with E-state index in [2.05, 4.69) is 44.8 Å². The second kappa shape index (κ2) is 8.87. The van der Waals surface area contributed by atoms with Gasteiger partial charge in [-0.2, -0.15) is 0 Å². The molecular formula is C17H24N4O2S2. The first-order valence-corrected chi connectivity index (χ1v) is 10.7. The van der Waals surface area contributed by atoms with Crippen molar-refractivity contribution in [3.63, 3.8) is 0 Å². The Morgan fingerprint density at radius 2 is 1.96 bits per heavy atom. The highest BCUT2D eigenvalue weighted by Crippen LogP contribution is 2.19. The Morgan fingerprint density at radius 3 is 2.60 bits per heavy atom. The average Bonchev–Trinajstić information content (AvgIpc) is 3.09. The van der Waals surface area contributed by atoms with Gasteiger partial charge in [0.15, 0.2) is 5.96 Å². The van der Waals surface area contributed by atoms with Gasteiger partial charge in [0, 0.05) is 30.9 Å². The summed E-state index contributed by atoms with van der Waals surface area (Å²) in [7, 11) is -1.60. The van der Waals surface area contributed by atoms with Gasteiger partial charge in [-0.1, -0.05) is 31.2 Å². The fourth-order valence-electron chi connectivity index (χ4n) is 2.30. The Hall–Kier alpha value is -2.06. The molecular weight excluding hydrogens is 356 g/mol. The van der Waals surface area contributed by atoms with Gasteiger partial charge in [0.25, 0.3) is 0 Å². The van der Waals surface area contributed by atoms with E-state index < -0.39 is 10.0 Å². The summed E-state index contributed by atoms with van der Waals surface area (Å²) in [5.41, 5.74) is 1.42. The van der Waals surface area contributed by atoms with E-state index in [-0.39, 0.29) is 0 Å². The van der Waals surface area contributed by atoms with Crippen LogP contribution in [0.5, 0.6) is 0 Å². The molecule has 0 fully saturated rings. The average molecular weight is 381 g/mol. The van der Waals surface area contributed by atoms with Gasteiger partial charge in [-0.3, -0.25) is 9.71 Å². The fourth-order valence-corrected chi connectivity index (χ4v) is 3.68. The Balaban J connectivity index is 1.93. The largest absolute Gasteiger partial charge is 0.356 e. The molecule has 6 nitrogen and oxygen atoms in total. The highest BCUT2D eigenvalue weighted by Gasteiger charge is 2.09. The van der Waals surface area contributed by atoms with Crippen molar-refractivity contribution in [2.24, 2.45) is 4.99 Å². The number of hydrogen-bond donors (Lipinski definition) is 3. The zero-order chi connectivity index (χ0) is 18.3. The Labute approximate surface area is 153 Å². The molecule has 1 unspecified atom stereocenters. The molecule has 1 atom stereocenters. The third-order valence-electron chi connectivity index (χ3n) is 3.59. The molecule has 0 aliphatic rings. The number of rotatable bonds is 7. The quantitative estimate of drug-likeness (QED) is 0.509. The van der Waals surface area contributed by atoms with Crippen molar-refractivity contribution in [2.75, 3.05) is 24.6 Å². The smallest absolute Gasteiger partial charge is 0.229 e. The number of sulfonamides is 1. The molecule has 2 aromatic rings. The van der Waals surface area contributed by atoms with Gasteiger partial charge < -0.3 is 10.6 Å². The zero-order valence-electron chi connectivity index (χ0n) is 14.6. The predicted octanol–water partition coefficient (Wildman–Crippen LogP) is 2.59. The number of nitrogens with zero attached hydrogens (tertiary/aromatic N) is 1. The number of thiophene rings is 1. The number of aliphatic imine (C=N–C) groups is 1. The third-order valence-corrected chi connectivity index (χ3v) is 5.28. The molecule has 0 spiro atoms. The third kappa shape index (κ3) is 6.39. The number of benzene rings is 1. The fraction of sp³-hybridized carbons (Fsp3) is 0.353. The van der Waals surface area contributed by atoms with Crippen molar-refractivity contribution in [2.45, 2.75) is 19.4 Å². The number of anilines is 1. The topological polar surface area (TPSA) is 82.6 Å². The van der Waals surface area contributed by atoms with Gasteiger partial charge in [-0.05, 0) is 23.1 Å². The van der Waals surface area contributed by atoms with E-state index in [1.54, 1.807) is 30.5 Å². The van der Waals surface area contributed by atoms with Crippen LogP contribution >= 0.6 is 11.3 Å². The second-order valence-corrected chi connectivity index (χ2v) is 8.48. The normalized spacial score (nSPS) is 13.3. The maximum atomic E-state index is 11.5. The number of hydrogen-bond acceptors (Lipinski definition) is 4. The van der Waals surface area contributed by atoms with Crippen LogP contribution in [0.3, 0.4) is 0 Å². The molecule has 1 heterocycles. The predicted molar refractivity (Wildman–Crippen MR) is 106 cm³/mol. The van der Waals surface area contributed by atoms with Crippen LogP contribution < -0.4 is 15.4 Å². The Kier molecular flexibility index (Phi) is 6.83. The molecule has 136 valence electrons. The molecule has 0 aliphatic heterocycles. The van der Waals surface area contributed by atoms with Crippen LogP contribution in [-0.2, 0) is 16.6 Å². The lowest BCUT2D eigenvalue weighted by molar-refractivity contribution is 0.606. The highest BCUT2D eigenvalue weighted by molar-refractivity contribution is 7.92. The summed E-state index contributed by atoms with van der Waals surface area (Å²) >= 11 is 1.74. The highest BCUT2D eigenvalue weighted by atomic mass is 32.2. The van der Waals surface area contributed by atoms with E-state index in [9.17, 15) is 8.42 Å². The van der Waals surface area contributed by atoms with Crippen LogP contribution in [0.15, 0.2) is 46.8 Å². The number of guanidine groups is 1. The molecule has 25 heavy (non-hydrogen) atoms. The molecule has 0 aliphatic carbocycles. The maximum absolute atomic E-state index is 11.5. The van der Waals surface area contributed by atoms with Crippen molar-refractivity contribution in [3.05, 3.63) is 52.2 Å².